The maximum absolute atomic E-state index is 14.3. The molecule has 1 N–H and O–H groups in total. The second-order valence-corrected chi connectivity index (χ2v) is 7.21. The van der Waals surface area contributed by atoms with Crippen LogP contribution in [0.3, 0.4) is 0 Å². The predicted octanol–water partition coefficient (Wildman–Crippen LogP) is 4.09. The standard InChI is InChI=1S/C16H22BrFN2/c1-12-10-19-16(7-3-2-4-8-16)11-20(12)15-6-5-13(17)9-14(15)18/h5-6,9,12,19H,2-4,7-8,10-11H2,1H3. The van der Waals surface area contributed by atoms with Gasteiger partial charge in [-0.3, -0.25) is 0 Å². The summed E-state index contributed by atoms with van der Waals surface area (Å²) in [4.78, 5) is 2.25. The molecule has 2 fully saturated rings. The third kappa shape index (κ3) is 2.73. The highest BCUT2D eigenvalue weighted by Gasteiger charge is 2.39. The molecule has 2 aliphatic rings. The Morgan fingerprint density at radius 3 is 2.75 bits per heavy atom. The second-order valence-electron chi connectivity index (χ2n) is 6.29. The van der Waals surface area contributed by atoms with Crippen LogP contribution in [0.1, 0.15) is 39.0 Å². The molecule has 0 aromatic heterocycles. The SMILES string of the molecule is CC1CNC2(CCCCC2)CN1c1ccc(Br)cc1F. The molecule has 0 bridgehead atoms. The molecular formula is C16H22BrFN2. The van der Waals surface area contributed by atoms with Crippen LogP contribution in [0.5, 0.6) is 0 Å². The van der Waals surface area contributed by atoms with Crippen LogP contribution in [0.4, 0.5) is 10.1 Å². The van der Waals surface area contributed by atoms with E-state index in [4.69, 9.17) is 0 Å². The van der Waals surface area contributed by atoms with Gasteiger partial charge in [-0.2, -0.15) is 0 Å². The van der Waals surface area contributed by atoms with Gasteiger partial charge in [-0.25, -0.2) is 4.39 Å². The van der Waals surface area contributed by atoms with Crippen LogP contribution in [-0.2, 0) is 0 Å². The average molecular weight is 341 g/mol. The fraction of sp³-hybridized carbons (Fsp3) is 0.625. The van der Waals surface area contributed by atoms with E-state index in [-0.39, 0.29) is 11.4 Å². The van der Waals surface area contributed by atoms with Crippen molar-refractivity contribution in [2.24, 2.45) is 0 Å². The molecule has 1 aromatic carbocycles. The maximum Gasteiger partial charge on any atom is 0.147 e. The summed E-state index contributed by atoms with van der Waals surface area (Å²) in [5, 5.41) is 3.74. The van der Waals surface area contributed by atoms with Crippen LogP contribution in [0.2, 0.25) is 0 Å². The van der Waals surface area contributed by atoms with Crippen LogP contribution >= 0.6 is 15.9 Å². The first-order chi connectivity index (χ1) is 9.60. The number of nitrogens with zero attached hydrogens (tertiary/aromatic N) is 1. The molecule has 0 amide bonds. The normalized spacial score (nSPS) is 25.9. The van der Waals surface area contributed by atoms with Gasteiger partial charge in [-0.05, 0) is 38.0 Å². The fourth-order valence-corrected chi connectivity index (χ4v) is 3.95. The van der Waals surface area contributed by atoms with E-state index >= 15 is 0 Å². The lowest BCUT2D eigenvalue weighted by molar-refractivity contribution is 0.200. The maximum atomic E-state index is 14.3. The molecule has 1 heterocycles. The minimum absolute atomic E-state index is 0.126. The number of anilines is 1. The lowest BCUT2D eigenvalue weighted by atomic mass is 9.79. The molecule has 3 rings (SSSR count). The number of nitrogens with one attached hydrogen (secondary N) is 1. The molecule has 1 aliphatic heterocycles. The summed E-state index contributed by atoms with van der Waals surface area (Å²) in [5.74, 6) is -0.126. The van der Waals surface area contributed by atoms with Crippen molar-refractivity contribution < 1.29 is 4.39 Å². The lowest BCUT2D eigenvalue weighted by Gasteiger charge is -2.50. The average Bonchev–Trinajstić information content (AvgIpc) is 2.43. The Morgan fingerprint density at radius 1 is 1.30 bits per heavy atom. The molecule has 1 saturated carbocycles. The minimum atomic E-state index is -0.126. The van der Waals surface area contributed by atoms with Crippen molar-refractivity contribution in [1.82, 2.24) is 5.32 Å². The van der Waals surface area contributed by atoms with Crippen molar-refractivity contribution in [1.29, 1.82) is 0 Å². The molecule has 20 heavy (non-hydrogen) atoms. The molecule has 4 heteroatoms. The molecule has 1 aromatic rings. The third-order valence-electron chi connectivity index (χ3n) is 4.81. The van der Waals surface area contributed by atoms with Gasteiger partial charge < -0.3 is 10.2 Å². The van der Waals surface area contributed by atoms with E-state index in [2.05, 4.69) is 33.1 Å². The third-order valence-corrected chi connectivity index (χ3v) is 5.30. The predicted molar refractivity (Wildman–Crippen MR) is 84.7 cm³/mol. The summed E-state index contributed by atoms with van der Waals surface area (Å²) in [6.45, 7) is 4.03. The molecular weight excluding hydrogens is 319 g/mol. The van der Waals surface area contributed by atoms with Crippen molar-refractivity contribution in [3.63, 3.8) is 0 Å². The van der Waals surface area contributed by atoms with Gasteiger partial charge >= 0.3 is 0 Å². The summed E-state index contributed by atoms with van der Waals surface area (Å²) < 4.78 is 15.1. The first kappa shape index (κ1) is 14.3. The van der Waals surface area contributed by atoms with E-state index < -0.39 is 0 Å². The summed E-state index contributed by atoms with van der Waals surface area (Å²) in [6, 6.07) is 5.73. The fourth-order valence-electron chi connectivity index (χ4n) is 3.61. The van der Waals surface area contributed by atoms with E-state index in [1.54, 1.807) is 6.07 Å². The van der Waals surface area contributed by atoms with Crippen molar-refractivity contribution >= 4 is 21.6 Å². The highest BCUT2D eigenvalue weighted by atomic mass is 79.9. The van der Waals surface area contributed by atoms with Gasteiger partial charge in [0.25, 0.3) is 0 Å². The monoisotopic (exact) mass is 340 g/mol. The minimum Gasteiger partial charge on any atom is -0.363 e. The number of halogens is 2. The van der Waals surface area contributed by atoms with Gasteiger partial charge in [0.1, 0.15) is 5.82 Å². The Morgan fingerprint density at radius 2 is 2.05 bits per heavy atom. The number of rotatable bonds is 1. The van der Waals surface area contributed by atoms with Crippen molar-refractivity contribution in [2.45, 2.75) is 50.6 Å². The van der Waals surface area contributed by atoms with Gasteiger partial charge in [0.15, 0.2) is 0 Å². The van der Waals surface area contributed by atoms with E-state index in [0.717, 1.165) is 23.2 Å². The quantitative estimate of drug-likeness (QED) is 0.828. The molecule has 1 aliphatic carbocycles. The number of piperazine rings is 1. The van der Waals surface area contributed by atoms with E-state index in [0.29, 0.717) is 6.04 Å². The second kappa shape index (κ2) is 5.64. The number of benzene rings is 1. The van der Waals surface area contributed by atoms with Crippen LogP contribution in [0.15, 0.2) is 22.7 Å². The highest BCUT2D eigenvalue weighted by Crippen LogP contribution is 2.35. The summed E-state index contributed by atoms with van der Waals surface area (Å²) in [6.07, 6.45) is 6.35. The summed E-state index contributed by atoms with van der Waals surface area (Å²) in [5.41, 5.74) is 0.941. The molecule has 110 valence electrons. The topological polar surface area (TPSA) is 15.3 Å². The van der Waals surface area contributed by atoms with Gasteiger partial charge in [0, 0.05) is 29.1 Å². The lowest BCUT2D eigenvalue weighted by Crippen LogP contribution is -2.64. The zero-order chi connectivity index (χ0) is 14.2. The number of hydrogen-bond donors (Lipinski definition) is 1. The zero-order valence-corrected chi connectivity index (χ0v) is 13.5. The molecule has 1 spiro atoms. The largest absolute Gasteiger partial charge is 0.363 e. The Kier molecular flexibility index (Phi) is 4.04. The van der Waals surface area contributed by atoms with Gasteiger partial charge in [-0.1, -0.05) is 35.2 Å². The summed E-state index contributed by atoms with van der Waals surface area (Å²) >= 11 is 3.33. The molecule has 2 nitrogen and oxygen atoms in total. The summed E-state index contributed by atoms with van der Waals surface area (Å²) in [7, 11) is 0. The van der Waals surface area contributed by atoms with Gasteiger partial charge in [0.2, 0.25) is 0 Å². The van der Waals surface area contributed by atoms with Gasteiger partial charge in [-0.15, -0.1) is 0 Å². The highest BCUT2D eigenvalue weighted by molar-refractivity contribution is 9.10. The van der Waals surface area contributed by atoms with Crippen molar-refractivity contribution in [3.05, 3.63) is 28.5 Å². The van der Waals surface area contributed by atoms with Gasteiger partial charge in [0.05, 0.1) is 5.69 Å². The smallest absolute Gasteiger partial charge is 0.147 e. The van der Waals surface area contributed by atoms with E-state index in [1.165, 1.54) is 32.1 Å². The Hall–Kier alpha value is -0.610. The number of hydrogen-bond acceptors (Lipinski definition) is 2. The molecule has 1 saturated heterocycles. The zero-order valence-electron chi connectivity index (χ0n) is 12.0. The van der Waals surface area contributed by atoms with Crippen LogP contribution in [0, 0.1) is 5.82 Å². The van der Waals surface area contributed by atoms with E-state index in [1.807, 2.05) is 12.1 Å². The first-order valence-electron chi connectivity index (χ1n) is 7.56. The molecule has 1 atom stereocenters. The van der Waals surface area contributed by atoms with Crippen molar-refractivity contribution in [3.8, 4) is 0 Å². The van der Waals surface area contributed by atoms with Crippen molar-refractivity contribution in [2.75, 3.05) is 18.0 Å². The van der Waals surface area contributed by atoms with Crippen LogP contribution < -0.4 is 10.2 Å². The van der Waals surface area contributed by atoms with E-state index in [9.17, 15) is 4.39 Å². The Balaban J connectivity index is 1.86. The molecule has 1 unspecified atom stereocenters. The van der Waals surface area contributed by atoms with Crippen LogP contribution in [0.25, 0.3) is 0 Å². The first-order valence-corrected chi connectivity index (χ1v) is 8.36. The Labute approximate surface area is 128 Å². The molecule has 0 radical (unpaired) electrons. The Bertz CT molecular complexity index is 485. The van der Waals surface area contributed by atoms with Crippen LogP contribution in [-0.4, -0.2) is 24.7 Å².